The largest absolute Gasteiger partial charge is 0.447 e. The van der Waals surface area contributed by atoms with Crippen LogP contribution in [0.15, 0.2) is 24.3 Å². The number of carbonyl (C=O) groups excluding carboxylic acids is 1. The molecule has 0 unspecified atom stereocenters. The van der Waals surface area contributed by atoms with Gasteiger partial charge >= 0.3 is 6.09 Å². The van der Waals surface area contributed by atoms with Gasteiger partial charge in [0.25, 0.3) is 0 Å². The number of benzene rings is 1. The Morgan fingerprint density at radius 3 is 2.75 bits per heavy atom. The Bertz CT molecular complexity index is 352. The van der Waals surface area contributed by atoms with E-state index in [-0.39, 0.29) is 12.4 Å². The van der Waals surface area contributed by atoms with Crippen LogP contribution >= 0.6 is 0 Å². The minimum atomic E-state index is -0.658. The molecule has 16 heavy (non-hydrogen) atoms. The predicted octanol–water partition coefficient (Wildman–Crippen LogP) is 1.18. The summed E-state index contributed by atoms with van der Waals surface area (Å²) in [5.41, 5.74) is 0.599. The SMILES string of the molecule is COCCOC(=O)NC(=N)c1cc[c]cc1. The highest BCUT2D eigenvalue weighted by Gasteiger charge is 2.06. The number of alkyl carbamates (subject to hydrolysis) is 1. The summed E-state index contributed by atoms with van der Waals surface area (Å²) in [6.07, 6.45) is -0.658. The molecular weight excluding hydrogens is 208 g/mol. The normalized spacial score (nSPS) is 9.56. The number of amides is 1. The third kappa shape index (κ3) is 4.10. The summed E-state index contributed by atoms with van der Waals surface area (Å²) in [5.74, 6) is -0.00332. The first kappa shape index (κ1) is 12.2. The highest BCUT2D eigenvalue weighted by atomic mass is 16.6. The zero-order valence-corrected chi connectivity index (χ0v) is 8.95. The smallest absolute Gasteiger partial charge is 0.412 e. The van der Waals surface area contributed by atoms with Crippen molar-refractivity contribution in [3.05, 3.63) is 35.9 Å². The molecule has 85 valence electrons. The molecule has 5 nitrogen and oxygen atoms in total. The van der Waals surface area contributed by atoms with Crippen LogP contribution in [0.3, 0.4) is 0 Å². The highest BCUT2D eigenvalue weighted by molar-refractivity contribution is 6.04. The number of amidine groups is 1. The molecule has 0 saturated carbocycles. The lowest BCUT2D eigenvalue weighted by Crippen LogP contribution is -2.31. The lowest BCUT2D eigenvalue weighted by molar-refractivity contribution is 0.102. The van der Waals surface area contributed by atoms with E-state index in [0.717, 1.165) is 0 Å². The fourth-order valence-corrected chi connectivity index (χ4v) is 0.982. The molecule has 0 atom stereocenters. The Morgan fingerprint density at radius 2 is 2.12 bits per heavy atom. The third-order valence-electron chi connectivity index (χ3n) is 1.75. The van der Waals surface area contributed by atoms with E-state index in [1.807, 2.05) is 0 Å². The van der Waals surface area contributed by atoms with Crippen molar-refractivity contribution >= 4 is 11.9 Å². The standard InChI is InChI=1S/C11H13N2O3/c1-15-7-8-16-11(14)13-10(12)9-5-3-2-4-6-9/h3-6H,7-8H2,1H3,(H2,12,13,14). The van der Waals surface area contributed by atoms with Gasteiger partial charge in [0.2, 0.25) is 0 Å². The van der Waals surface area contributed by atoms with Crippen molar-refractivity contribution in [1.29, 1.82) is 5.41 Å². The van der Waals surface area contributed by atoms with Crippen LogP contribution in [-0.2, 0) is 9.47 Å². The molecule has 2 N–H and O–H groups in total. The molecule has 1 aromatic rings. The molecule has 1 rings (SSSR count). The molecule has 0 aliphatic heterocycles. The number of rotatable bonds is 4. The molecule has 0 saturated heterocycles. The van der Waals surface area contributed by atoms with Crippen molar-refractivity contribution in [3.63, 3.8) is 0 Å². The van der Waals surface area contributed by atoms with Gasteiger partial charge in [0.15, 0.2) is 0 Å². The molecule has 1 radical (unpaired) electrons. The fraction of sp³-hybridized carbons (Fsp3) is 0.273. The topological polar surface area (TPSA) is 71.4 Å². The number of hydrogen-bond acceptors (Lipinski definition) is 4. The van der Waals surface area contributed by atoms with Crippen molar-refractivity contribution in [3.8, 4) is 0 Å². The van der Waals surface area contributed by atoms with Crippen molar-refractivity contribution < 1.29 is 14.3 Å². The van der Waals surface area contributed by atoms with Crippen molar-refractivity contribution in [1.82, 2.24) is 5.32 Å². The minimum Gasteiger partial charge on any atom is -0.447 e. The molecular formula is C11H13N2O3. The van der Waals surface area contributed by atoms with E-state index in [2.05, 4.69) is 11.4 Å². The Labute approximate surface area is 93.9 Å². The van der Waals surface area contributed by atoms with Crippen LogP contribution in [0.4, 0.5) is 4.79 Å². The van der Waals surface area contributed by atoms with E-state index in [1.54, 1.807) is 24.3 Å². The quantitative estimate of drug-likeness (QED) is 0.455. The number of carbonyl (C=O) groups is 1. The maximum Gasteiger partial charge on any atom is 0.412 e. The van der Waals surface area contributed by atoms with Gasteiger partial charge in [0, 0.05) is 12.7 Å². The average molecular weight is 221 g/mol. The predicted molar refractivity (Wildman–Crippen MR) is 58.5 cm³/mol. The number of ether oxygens (including phenoxy) is 2. The second-order valence-electron chi connectivity index (χ2n) is 2.92. The first-order chi connectivity index (χ1) is 7.74. The Morgan fingerprint density at radius 1 is 1.44 bits per heavy atom. The van der Waals surface area contributed by atoms with E-state index in [9.17, 15) is 4.79 Å². The number of hydrogen-bond donors (Lipinski definition) is 2. The lowest BCUT2D eigenvalue weighted by atomic mass is 10.2. The second-order valence-corrected chi connectivity index (χ2v) is 2.92. The van der Waals surface area contributed by atoms with Crippen molar-refractivity contribution in [2.45, 2.75) is 0 Å². The summed E-state index contributed by atoms with van der Waals surface area (Å²) in [6.45, 7) is 0.499. The van der Waals surface area contributed by atoms with Crippen LogP contribution in [0.1, 0.15) is 5.56 Å². The molecule has 0 spiro atoms. The average Bonchev–Trinajstić information content (AvgIpc) is 2.30. The first-order valence-corrected chi connectivity index (χ1v) is 4.72. The van der Waals surface area contributed by atoms with E-state index in [1.165, 1.54) is 7.11 Å². The summed E-state index contributed by atoms with van der Waals surface area (Å²) in [7, 11) is 1.52. The summed E-state index contributed by atoms with van der Waals surface area (Å²) >= 11 is 0. The van der Waals surface area contributed by atoms with Crippen molar-refractivity contribution in [2.75, 3.05) is 20.3 Å². The van der Waals surface area contributed by atoms with Gasteiger partial charge in [-0.05, 0) is 6.07 Å². The van der Waals surface area contributed by atoms with Gasteiger partial charge in [0.1, 0.15) is 12.4 Å². The summed E-state index contributed by atoms with van der Waals surface area (Å²) in [4.78, 5) is 11.2. The van der Waals surface area contributed by atoms with Crippen LogP contribution < -0.4 is 5.32 Å². The molecule has 0 aliphatic carbocycles. The zero-order valence-electron chi connectivity index (χ0n) is 8.95. The molecule has 0 bridgehead atoms. The van der Waals surface area contributed by atoms with Crippen molar-refractivity contribution in [2.24, 2.45) is 0 Å². The van der Waals surface area contributed by atoms with Crippen LogP contribution in [-0.4, -0.2) is 32.3 Å². The molecule has 0 fully saturated rings. The van der Waals surface area contributed by atoms with E-state index < -0.39 is 6.09 Å². The van der Waals surface area contributed by atoms with Crippen LogP contribution in [0, 0.1) is 11.5 Å². The van der Waals surface area contributed by atoms with E-state index >= 15 is 0 Å². The van der Waals surface area contributed by atoms with Gasteiger partial charge < -0.3 is 9.47 Å². The van der Waals surface area contributed by atoms with Gasteiger partial charge in [-0.2, -0.15) is 0 Å². The van der Waals surface area contributed by atoms with Gasteiger partial charge in [-0.15, -0.1) is 0 Å². The lowest BCUT2D eigenvalue weighted by Gasteiger charge is -2.07. The Balaban J connectivity index is 2.37. The van der Waals surface area contributed by atoms with Gasteiger partial charge in [-0.3, -0.25) is 10.7 Å². The van der Waals surface area contributed by atoms with Crippen LogP contribution in [0.2, 0.25) is 0 Å². The Kier molecular flexibility index (Phi) is 5.01. The van der Waals surface area contributed by atoms with Gasteiger partial charge in [-0.25, -0.2) is 4.79 Å². The van der Waals surface area contributed by atoms with Crippen LogP contribution in [0.25, 0.3) is 0 Å². The number of nitrogens with one attached hydrogen (secondary N) is 2. The maximum atomic E-state index is 11.2. The second kappa shape index (κ2) is 6.58. The highest BCUT2D eigenvalue weighted by Crippen LogP contribution is 1.97. The third-order valence-corrected chi connectivity index (χ3v) is 1.75. The van der Waals surface area contributed by atoms with E-state index in [4.69, 9.17) is 14.9 Å². The first-order valence-electron chi connectivity index (χ1n) is 4.72. The zero-order chi connectivity index (χ0) is 11.8. The van der Waals surface area contributed by atoms with Crippen LogP contribution in [0.5, 0.6) is 0 Å². The monoisotopic (exact) mass is 221 g/mol. The molecule has 1 amide bonds. The minimum absolute atomic E-state index is 0.00332. The molecule has 0 aliphatic rings. The number of methoxy groups -OCH3 is 1. The van der Waals surface area contributed by atoms with Gasteiger partial charge in [0.05, 0.1) is 6.61 Å². The summed E-state index contributed by atoms with van der Waals surface area (Å²) in [6, 6.07) is 9.52. The molecule has 1 aromatic carbocycles. The van der Waals surface area contributed by atoms with Gasteiger partial charge in [-0.1, -0.05) is 24.3 Å². The maximum absolute atomic E-state index is 11.2. The summed E-state index contributed by atoms with van der Waals surface area (Å²) < 4.78 is 9.47. The Hall–Kier alpha value is -1.88. The summed E-state index contributed by atoms with van der Waals surface area (Å²) in [5, 5.41) is 9.89. The molecule has 5 heteroatoms. The molecule has 0 heterocycles. The van der Waals surface area contributed by atoms with E-state index in [0.29, 0.717) is 12.2 Å². The molecule has 0 aromatic heterocycles. The fourth-order valence-electron chi connectivity index (χ4n) is 0.982.